The summed E-state index contributed by atoms with van der Waals surface area (Å²) in [7, 11) is 0. The normalized spacial score (nSPS) is 19.6. The van der Waals surface area contributed by atoms with Crippen molar-refractivity contribution in [2.45, 2.75) is 25.4 Å². The minimum absolute atomic E-state index is 0.319. The average Bonchev–Trinajstić information content (AvgIpc) is 2.31. The molecule has 1 saturated heterocycles. The lowest BCUT2D eigenvalue weighted by Gasteiger charge is -2.24. The lowest BCUT2D eigenvalue weighted by Crippen LogP contribution is -2.18. The van der Waals surface area contributed by atoms with Crippen LogP contribution < -0.4 is 0 Å². The van der Waals surface area contributed by atoms with Crippen molar-refractivity contribution in [1.82, 2.24) is 0 Å². The lowest BCUT2D eigenvalue weighted by molar-refractivity contribution is 0.0435. The summed E-state index contributed by atoms with van der Waals surface area (Å²) in [4.78, 5) is 0. The van der Waals surface area contributed by atoms with Gasteiger partial charge in [-0.1, -0.05) is 12.1 Å². The van der Waals surface area contributed by atoms with Gasteiger partial charge in [-0.2, -0.15) is 0 Å². The molecule has 1 fully saturated rings. The van der Waals surface area contributed by atoms with Crippen LogP contribution in [0.4, 0.5) is 0 Å². The molecule has 2 rings (SSSR count). The van der Waals surface area contributed by atoms with Gasteiger partial charge in [-0.05, 0) is 65.5 Å². The van der Waals surface area contributed by atoms with E-state index in [1.807, 2.05) is 24.3 Å². The fourth-order valence-electron chi connectivity index (χ4n) is 2.12. The van der Waals surface area contributed by atoms with E-state index in [9.17, 15) is 5.11 Å². The molecule has 1 aromatic rings. The van der Waals surface area contributed by atoms with E-state index in [2.05, 4.69) is 22.6 Å². The summed E-state index contributed by atoms with van der Waals surface area (Å²) in [5.74, 6) is 0.614. The van der Waals surface area contributed by atoms with Crippen LogP contribution >= 0.6 is 22.6 Å². The molecule has 0 amide bonds. The van der Waals surface area contributed by atoms with Gasteiger partial charge in [0.1, 0.15) is 0 Å². The largest absolute Gasteiger partial charge is 0.388 e. The van der Waals surface area contributed by atoms with E-state index >= 15 is 0 Å². The smallest absolute Gasteiger partial charge is 0.0792 e. The third-order valence-corrected chi connectivity index (χ3v) is 3.87. The molecule has 1 aromatic carbocycles. The quantitative estimate of drug-likeness (QED) is 0.862. The van der Waals surface area contributed by atoms with Gasteiger partial charge in [-0.3, -0.25) is 0 Å². The van der Waals surface area contributed by atoms with Gasteiger partial charge in [0.2, 0.25) is 0 Å². The summed E-state index contributed by atoms with van der Waals surface area (Å²) >= 11 is 2.28. The number of ether oxygens (including phenoxy) is 1. The van der Waals surface area contributed by atoms with E-state index in [0.717, 1.165) is 38.0 Å². The molecule has 1 unspecified atom stereocenters. The first-order valence-electron chi connectivity index (χ1n) is 5.77. The third-order valence-electron chi connectivity index (χ3n) is 3.15. The Balaban J connectivity index is 1.91. The molecule has 1 aliphatic rings. The minimum atomic E-state index is -0.319. The molecule has 0 saturated carbocycles. The highest BCUT2D eigenvalue weighted by Gasteiger charge is 2.18. The average molecular weight is 332 g/mol. The molecule has 16 heavy (non-hydrogen) atoms. The van der Waals surface area contributed by atoms with Crippen molar-refractivity contribution in [3.8, 4) is 0 Å². The molecule has 0 aliphatic carbocycles. The van der Waals surface area contributed by atoms with Gasteiger partial charge in [-0.25, -0.2) is 0 Å². The number of benzene rings is 1. The maximum Gasteiger partial charge on any atom is 0.0792 e. The van der Waals surface area contributed by atoms with Crippen LogP contribution in [0.5, 0.6) is 0 Å². The van der Waals surface area contributed by atoms with Crippen molar-refractivity contribution in [3.05, 3.63) is 33.4 Å². The Labute approximate surface area is 110 Å². The Morgan fingerprint density at radius 3 is 2.50 bits per heavy atom. The van der Waals surface area contributed by atoms with Crippen molar-refractivity contribution in [1.29, 1.82) is 0 Å². The molecule has 3 heteroatoms. The molecule has 0 aromatic heterocycles. The van der Waals surface area contributed by atoms with Crippen molar-refractivity contribution in [2.75, 3.05) is 13.2 Å². The Kier molecular flexibility index (Phi) is 4.61. The first-order valence-corrected chi connectivity index (χ1v) is 6.85. The monoisotopic (exact) mass is 332 g/mol. The standard InChI is InChI=1S/C13H17IO2/c14-12-3-1-11(2-4-12)13(15)9-10-5-7-16-8-6-10/h1-4,10,13,15H,5-9H2. The highest BCUT2D eigenvalue weighted by molar-refractivity contribution is 14.1. The molecular formula is C13H17IO2. The topological polar surface area (TPSA) is 29.5 Å². The minimum Gasteiger partial charge on any atom is -0.388 e. The van der Waals surface area contributed by atoms with Gasteiger partial charge >= 0.3 is 0 Å². The maximum atomic E-state index is 10.1. The second-order valence-corrected chi connectivity index (χ2v) is 5.60. The van der Waals surface area contributed by atoms with E-state index < -0.39 is 0 Å². The summed E-state index contributed by atoms with van der Waals surface area (Å²) in [6.45, 7) is 1.70. The summed E-state index contributed by atoms with van der Waals surface area (Å²) in [6.07, 6.45) is 2.72. The van der Waals surface area contributed by atoms with Crippen LogP contribution in [0.1, 0.15) is 30.9 Å². The Morgan fingerprint density at radius 2 is 1.88 bits per heavy atom. The van der Waals surface area contributed by atoms with Crippen LogP contribution in [0, 0.1) is 9.49 Å². The maximum absolute atomic E-state index is 10.1. The number of aliphatic hydroxyl groups excluding tert-OH is 1. The van der Waals surface area contributed by atoms with Crippen LogP contribution in [0.3, 0.4) is 0 Å². The van der Waals surface area contributed by atoms with Crippen molar-refractivity contribution >= 4 is 22.6 Å². The van der Waals surface area contributed by atoms with Crippen LogP contribution in [0.2, 0.25) is 0 Å². The summed E-state index contributed by atoms with van der Waals surface area (Å²) in [6, 6.07) is 8.13. The summed E-state index contributed by atoms with van der Waals surface area (Å²) in [5, 5.41) is 10.1. The fraction of sp³-hybridized carbons (Fsp3) is 0.538. The molecule has 1 aliphatic heterocycles. The zero-order valence-corrected chi connectivity index (χ0v) is 11.4. The first kappa shape index (κ1) is 12.3. The molecule has 0 radical (unpaired) electrons. The van der Waals surface area contributed by atoms with Crippen LogP contribution in [-0.2, 0) is 4.74 Å². The Morgan fingerprint density at radius 1 is 1.25 bits per heavy atom. The molecule has 0 bridgehead atoms. The Bertz CT molecular complexity index is 317. The highest BCUT2D eigenvalue weighted by atomic mass is 127. The van der Waals surface area contributed by atoms with Gasteiger partial charge in [0.15, 0.2) is 0 Å². The molecule has 1 atom stereocenters. The van der Waals surface area contributed by atoms with Crippen molar-refractivity contribution in [3.63, 3.8) is 0 Å². The predicted octanol–water partition coefficient (Wildman–Crippen LogP) is 3.14. The van der Waals surface area contributed by atoms with Crippen LogP contribution in [-0.4, -0.2) is 18.3 Å². The lowest BCUT2D eigenvalue weighted by atomic mass is 9.91. The zero-order chi connectivity index (χ0) is 11.4. The predicted molar refractivity (Wildman–Crippen MR) is 72.3 cm³/mol. The molecular weight excluding hydrogens is 315 g/mol. The fourth-order valence-corrected chi connectivity index (χ4v) is 2.48. The summed E-state index contributed by atoms with van der Waals surface area (Å²) < 4.78 is 6.53. The van der Waals surface area contributed by atoms with Crippen molar-refractivity contribution < 1.29 is 9.84 Å². The number of hydrogen-bond acceptors (Lipinski definition) is 2. The van der Waals surface area contributed by atoms with Gasteiger partial charge in [0.05, 0.1) is 6.10 Å². The molecule has 2 nitrogen and oxygen atoms in total. The van der Waals surface area contributed by atoms with Gasteiger partial charge < -0.3 is 9.84 Å². The second-order valence-electron chi connectivity index (χ2n) is 4.36. The Hall–Kier alpha value is -0.130. The molecule has 0 spiro atoms. The van der Waals surface area contributed by atoms with Crippen LogP contribution in [0.25, 0.3) is 0 Å². The SMILES string of the molecule is OC(CC1CCOCC1)c1ccc(I)cc1. The zero-order valence-electron chi connectivity index (χ0n) is 9.23. The van der Waals surface area contributed by atoms with Crippen molar-refractivity contribution in [2.24, 2.45) is 5.92 Å². The van der Waals surface area contributed by atoms with E-state index in [-0.39, 0.29) is 6.10 Å². The molecule has 88 valence electrons. The first-order chi connectivity index (χ1) is 7.75. The molecule has 1 N–H and O–H groups in total. The number of aliphatic hydroxyl groups is 1. The molecule has 1 heterocycles. The summed E-state index contributed by atoms with van der Waals surface area (Å²) in [5.41, 5.74) is 1.03. The number of hydrogen-bond donors (Lipinski definition) is 1. The van der Waals surface area contributed by atoms with E-state index in [1.165, 1.54) is 3.57 Å². The number of rotatable bonds is 3. The van der Waals surface area contributed by atoms with Gasteiger partial charge in [-0.15, -0.1) is 0 Å². The van der Waals surface area contributed by atoms with E-state index in [4.69, 9.17) is 4.74 Å². The number of halogens is 1. The van der Waals surface area contributed by atoms with E-state index in [1.54, 1.807) is 0 Å². The van der Waals surface area contributed by atoms with Gasteiger partial charge in [0, 0.05) is 16.8 Å². The third kappa shape index (κ3) is 3.43. The van der Waals surface area contributed by atoms with E-state index in [0.29, 0.717) is 5.92 Å². The highest BCUT2D eigenvalue weighted by Crippen LogP contribution is 2.27. The van der Waals surface area contributed by atoms with Gasteiger partial charge in [0.25, 0.3) is 0 Å². The second kappa shape index (κ2) is 5.98. The van der Waals surface area contributed by atoms with Crippen LogP contribution in [0.15, 0.2) is 24.3 Å².